The van der Waals surface area contributed by atoms with Crippen LogP contribution in [0.1, 0.15) is 31.8 Å². The molecule has 0 aliphatic rings. The summed E-state index contributed by atoms with van der Waals surface area (Å²) in [7, 11) is 2.90. The summed E-state index contributed by atoms with van der Waals surface area (Å²) in [6.07, 6.45) is 0. The number of carbonyl (C=O) groups excluding carboxylic acids is 2. The highest BCUT2D eigenvalue weighted by molar-refractivity contribution is 6.01. The summed E-state index contributed by atoms with van der Waals surface area (Å²) in [5, 5.41) is 0. The van der Waals surface area contributed by atoms with Crippen LogP contribution >= 0.6 is 0 Å². The second-order valence-electron chi connectivity index (χ2n) is 5.36. The largest absolute Gasteiger partial charge is 0.496 e. The van der Waals surface area contributed by atoms with E-state index in [0.717, 1.165) is 11.1 Å². The number of Topliss-reactive ketones (excluding diaryl/α,β-unsaturated/α-hetero) is 1. The Balaban J connectivity index is 2.16. The Morgan fingerprint density at radius 2 is 1.58 bits per heavy atom. The maximum atomic E-state index is 12.4. The predicted octanol–water partition coefficient (Wildman–Crippen LogP) is 3.36. The fourth-order valence-electron chi connectivity index (χ4n) is 2.37. The van der Waals surface area contributed by atoms with Crippen molar-refractivity contribution >= 4 is 11.8 Å². The summed E-state index contributed by atoms with van der Waals surface area (Å²) >= 11 is 0. The van der Waals surface area contributed by atoms with Crippen molar-refractivity contribution < 1.29 is 23.8 Å². The minimum atomic E-state index is -0.664. The zero-order valence-corrected chi connectivity index (χ0v) is 14.2. The molecule has 0 N–H and O–H groups in total. The first-order valence-electron chi connectivity index (χ1n) is 7.46. The molecule has 0 aliphatic heterocycles. The normalized spacial score (nSPS) is 10.2. The fraction of sp³-hybridized carbons (Fsp3) is 0.263. The van der Waals surface area contributed by atoms with Crippen molar-refractivity contribution in [1.82, 2.24) is 0 Å². The lowest BCUT2D eigenvalue weighted by Crippen LogP contribution is -2.16. The van der Waals surface area contributed by atoms with Gasteiger partial charge in [-0.3, -0.25) is 4.79 Å². The lowest BCUT2D eigenvalue weighted by molar-refractivity contribution is 0.0468. The number of esters is 1. The van der Waals surface area contributed by atoms with Crippen molar-refractivity contribution in [1.29, 1.82) is 0 Å². The molecule has 0 saturated carbocycles. The lowest BCUT2D eigenvalue weighted by atomic mass is 10.0. The van der Waals surface area contributed by atoms with Crippen LogP contribution in [0.25, 0.3) is 0 Å². The van der Waals surface area contributed by atoms with Crippen molar-refractivity contribution in [3.8, 4) is 11.5 Å². The maximum absolute atomic E-state index is 12.4. The van der Waals surface area contributed by atoms with E-state index in [9.17, 15) is 9.59 Å². The van der Waals surface area contributed by atoms with E-state index in [1.807, 2.05) is 26.0 Å². The van der Waals surface area contributed by atoms with Gasteiger partial charge in [-0.25, -0.2) is 4.79 Å². The molecule has 0 bridgehead atoms. The molecule has 2 rings (SSSR count). The molecule has 0 aliphatic carbocycles. The van der Waals surface area contributed by atoms with Crippen LogP contribution in [-0.4, -0.2) is 32.6 Å². The van der Waals surface area contributed by atoms with Gasteiger partial charge in [0.1, 0.15) is 17.1 Å². The van der Waals surface area contributed by atoms with E-state index in [2.05, 4.69) is 0 Å². The third kappa shape index (κ3) is 3.74. The number of aryl methyl sites for hydroxylation is 2. The van der Waals surface area contributed by atoms with Crippen molar-refractivity contribution in [2.24, 2.45) is 0 Å². The summed E-state index contributed by atoms with van der Waals surface area (Å²) in [6, 6.07) is 10.5. The monoisotopic (exact) mass is 328 g/mol. The number of hydrogen-bond donors (Lipinski definition) is 0. The van der Waals surface area contributed by atoms with E-state index in [4.69, 9.17) is 14.2 Å². The highest BCUT2D eigenvalue weighted by Crippen LogP contribution is 2.29. The second-order valence-corrected chi connectivity index (χ2v) is 5.36. The van der Waals surface area contributed by atoms with Gasteiger partial charge in [-0.05, 0) is 37.6 Å². The van der Waals surface area contributed by atoms with Crippen LogP contribution in [0.15, 0.2) is 36.4 Å². The Hall–Kier alpha value is -2.82. The summed E-state index contributed by atoms with van der Waals surface area (Å²) in [5.41, 5.74) is 2.53. The Morgan fingerprint density at radius 3 is 2.17 bits per heavy atom. The molecular weight excluding hydrogens is 308 g/mol. The molecule has 0 aromatic heterocycles. The zero-order valence-electron chi connectivity index (χ0n) is 14.2. The molecule has 0 unspecified atom stereocenters. The Kier molecular flexibility index (Phi) is 5.58. The first-order chi connectivity index (χ1) is 11.5. The van der Waals surface area contributed by atoms with E-state index in [1.165, 1.54) is 14.2 Å². The molecule has 0 heterocycles. The van der Waals surface area contributed by atoms with Crippen LogP contribution in [0.4, 0.5) is 0 Å². The first kappa shape index (κ1) is 17.5. The highest BCUT2D eigenvalue weighted by Gasteiger charge is 2.21. The van der Waals surface area contributed by atoms with Crippen LogP contribution in [0.5, 0.6) is 11.5 Å². The van der Waals surface area contributed by atoms with Crippen LogP contribution in [0.3, 0.4) is 0 Å². The van der Waals surface area contributed by atoms with E-state index in [-0.39, 0.29) is 18.0 Å². The molecule has 5 heteroatoms. The SMILES string of the molecule is COc1cccc(OC)c1C(=O)OCC(=O)c1cc(C)ccc1C. The summed E-state index contributed by atoms with van der Waals surface area (Å²) in [6.45, 7) is 3.41. The molecule has 0 radical (unpaired) electrons. The smallest absolute Gasteiger partial charge is 0.346 e. The van der Waals surface area contributed by atoms with E-state index >= 15 is 0 Å². The van der Waals surface area contributed by atoms with Gasteiger partial charge in [0.05, 0.1) is 14.2 Å². The lowest BCUT2D eigenvalue weighted by Gasteiger charge is -2.12. The molecule has 0 fully saturated rings. The van der Waals surface area contributed by atoms with E-state index in [1.54, 1.807) is 24.3 Å². The summed E-state index contributed by atoms with van der Waals surface area (Å²) in [4.78, 5) is 24.7. The topological polar surface area (TPSA) is 61.8 Å². The zero-order chi connectivity index (χ0) is 17.7. The second kappa shape index (κ2) is 7.64. The van der Waals surface area contributed by atoms with Gasteiger partial charge in [-0.15, -0.1) is 0 Å². The van der Waals surface area contributed by atoms with Gasteiger partial charge in [0.2, 0.25) is 5.78 Å². The third-order valence-electron chi connectivity index (χ3n) is 3.66. The molecule has 2 aromatic carbocycles. The van der Waals surface area contributed by atoms with Crippen LogP contribution in [0.2, 0.25) is 0 Å². The fourth-order valence-corrected chi connectivity index (χ4v) is 2.37. The van der Waals surface area contributed by atoms with Gasteiger partial charge in [0.15, 0.2) is 6.61 Å². The number of carbonyl (C=O) groups is 2. The van der Waals surface area contributed by atoms with Crippen molar-refractivity contribution in [2.45, 2.75) is 13.8 Å². The van der Waals surface area contributed by atoms with Gasteiger partial charge in [-0.2, -0.15) is 0 Å². The molecule has 2 aromatic rings. The standard InChI is InChI=1S/C19H20O5/c1-12-8-9-13(2)14(10-12)15(20)11-24-19(21)18-16(22-3)6-5-7-17(18)23-4/h5-10H,11H2,1-4H3. The number of ether oxygens (including phenoxy) is 3. The molecule has 5 nitrogen and oxygen atoms in total. The minimum absolute atomic E-state index is 0.163. The average molecular weight is 328 g/mol. The van der Waals surface area contributed by atoms with E-state index < -0.39 is 5.97 Å². The van der Waals surface area contributed by atoms with E-state index in [0.29, 0.717) is 17.1 Å². The molecule has 0 atom stereocenters. The number of hydrogen-bond acceptors (Lipinski definition) is 5. The van der Waals surface area contributed by atoms with Crippen molar-refractivity contribution in [3.63, 3.8) is 0 Å². The van der Waals surface area contributed by atoms with Crippen LogP contribution < -0.4 is 9.47 Å². The van der Waals surface area contributed by atoms with Gasteiger partial charge < -0.3 is 14.2 Å². The van der Waals surface area contributed by atoms with Crippen LogP contribution in [0, 0.1) is 13.8 Å². The molecular formula is C19H20O5. The van der Waals surface area contributed by atoms with Gasteiger partial charge in [0, 0.05) is 5.56 Å². The molecule has 0 amide bonds. The minimum Gasteiger partial charge on any atom is -0.496 e. The maximum Gasteiger partial charge on any atom is 0.346 e. The quantitative estimate of drug-likeness (QED) is 0.601. The number of methoxy groups -OCH3 is 2. The molecule has 0 saturated heterocycles. The van der Waals surface area contributed by atoms with Gasteiger partial charge in [-0.1, -0.05) is 23.8 Å². The Labute approximate surface area is 141 Å². The Bertz CT molecular complexity index is 742. The molecule has 126 valence electrons. The number of ketones is 1. The number of rotatable bonds is 6. The molecule has 24 heavy (non-hydrogen) atoms. The van der Waals surface area contributed by atoms with Crippen molar-refractivity contribution in [2.75, 3.05) is 20.8 Å². The summed E-state index contributed by atoms with van der Waals surface area (Å²) in [5.74, 6) is -0.251. The highest BCUT2D eigenvalue weighted by atomic mass is 16.5. The summed E-state index contributed by atoms with van der Waals surface area (Å²) < 4.78 is 15.5. The Morgan fingerprint density at radius 1 is 0.958 bits per heavy atom. The van der Waals surface area contributed by atoms with Gasteiger partial charge >= 0.3 is 5.97 Å². The first-order valence-corrected chi connectivity index (χ1v) is 7.46. The van der Waals surface area contributed by atoms with Crippen LogP contribution in [-0.2, 0) is 4.74 Å². The number of benzene rings is 2. The predicted molar refractivity (Wildman–Crippen MR) is 90.1 cm³/mol. The van der Waals surface area contributed by atoms with Gasteiger partial charge in [0.25, 0.3) is 0 Å². The average Bonchev–Trinajstić information content (AvgIpc) is 2.60. The molecule has 0 spiro atoms. The third-order valence-corrected chi connectivity index (χ3v) is 3.66. The van der Waals surface area contributed by atoms with Crippen molar-refractivity contribution in [3.05, 3.63) is 58.7 Å².